The van der Waals surface area contributed by atoms with Gasteiger partial charge in [-0.2, -0.15) is 0 Å². The summed E-state index contributed by atoms with van der Waals surface area (Å²) in [5.74, 6) is 2.65. The number of benzene rings is 2. The van der Waals surface area contributed by atoms with Crippen LogP contribution in [0.5, 0.6) is 11.5 Å². The number of rotatable bonds is 7. The van der Waals surface area contributed by atoms with Crippen molar-refractivity contribution in [1.29, 1.82) is 0 Å². The molecule has 1 N–H and O–H groups in total. The smallest absolute Gasteiger partial charge is 0.194 e. The molecule has 1 aliphatic rings. The highest BCUT2D eigenvalue weighted by atomic mass is 127. The predicted molar refractivity (Wildman–Crippen MR) is 147 cm³/mol. The van der Waals surface area contributed by atoms with Crippen molar-refractivity contribution in [2.24, 2.45) is 4.99 Å². The maximum absolute atomic E-state index is 5.82. The Morgan fingerprint density at radius 3 is 2.44 bits per heavy atom. The van der Waals surface area contributed by atoms with E-state index in [1.165, 1.54) is 11.3 Å². The largest absolute Gasteiger partial charge is 0.497 e. The third-order valence-electron chi connectivity index (χ3n) is 5.70. The summed E-state index contributed by atoms with van der Waals surface area (Å²) in [6, 6.07) is 22.2. The maximum atomic E-state index is 5.82. The molecule has 0 unspecified atom stereocenters. The van der Waals surface area contributed by atoms with Crippen molar-refractivity contribution in [3.05, 3.63) is 84.2 Å². The molecule has 0 bridgehead atoms. The van der Waals surface area contributed by atoms with Crippen LogP contribution in [0.4, 0.5) is 5.69 Å². The van der Waals surface area contributed by atoms with Gasteiger partial charge in [0.1, 0.15) is 18.1 Å². The van der Waals surface area contributed by atoms with Crippen LogP contribution in [0.3, 0.4) is 0 Å². The lowest BCUT2D eigenvalue weighted by atomic mass is 10.2. The zero-order valence-corrected chi connectivity index (χ0v) is 22.0. The number of halogens is 1. The molecular weight excluding hydrogens is 541 g/mol. The topological polar surface area (TPSA) is 62.2 Å². The van der Waals surface area contributed by atoms with E-state index in [9.17, 15) is 0 Å². The zero-order valence-electron chi connectivity index (χ0n) is 19.7. The van der Waals surface area contributed by atoms with Gasteiger partial charge in [0, 0.05) is 57.7 Å². The van der Waals surface area contributed by atoms with Gasteiger partial charge in [-0.25, -0.2) is 0 Å². The molecule has 7 nitrogen and oxygen atoms in total. The highest BCUT2D eigenvalue weighted by molar-refractivity contribution is 14.0. The molecule has 1 saturated heterocycles. The fraction of sp³-hybridized carbons (Fsp3) is 0.308. The second kappa shape index (κ2) is 13.0. The van der Waals surface area contributed by atoms with Gasteiger partial charge in [-0.15, -0.1) is 24.0 Å². The van der Waals surface area contributed by atoms with Gasteiger partial charge in [0.15, 0.2) is 5.96 Å². The molecule has 3 aromatic rings. The Kier molecular flexibility index (Phi) is 9.81. The number of ether oxygens (including phenoxy) is 2. The van der Waals surface area contributed by atoms with Gasteiger partial charge in [0.25, 0.3) is 0 Å². The van der Waals surface area contributed by atoms with Gasteiger partial charge in [0.05, 0.1) is 12.8 Å². The standard InChI is InChI=1S/C26H31N5O2.HI/c1-27-26(31-16-14-30(15-17-31)23-7-5-8-25(18-23)32-2)29-19-21-9-11-24(12-10-21)33-20-22-6-3-4-13-28-22;/h3-13,18H,14-17,19-20H2,1-2H3,(H,27,29);1H. The van der Waals surface area contributed by atoms with E-state index in [2.05, 4.69) is 49.4 Å². The average molecular weight is 573 g/mol. The van der Waals surface area contributed by atoms with Crippen molar-refractivity contribution in [2.45, 2.75) is 13.2 Å². The molecule has 1 aliphatic heterocycles. The third-order valence-corrected chi connectivity index (χ3v) is 5.70. The van der Waals surface area contributed by atoms with Gasteiger partial charge < -0.3 is 24.6 Å². The molecule has 0 saturated carbocycles. The van der Waals surface area contributed by atoms with E-state index < -0.39 is 0 Å². The Labute approximate surface area is 218 Å². The first-order chi connectivity index (χ1) is 16.2. The molecule has 180 valence electrons. The Hall–Kier alpha value is -3.01. The van der Waals surface area contributed by atoms with Crippen molar-refractivity contribution in [1.82, 2.24) is 15.2 Å². The summed E-state index contributed by atoms with van der Waals surface area (Å²) in [6.45, 7) is 4.89. The molecule has 8 heteroatoms. The summed E-state index contributed by atoms with van der Waals surface area (Å²) >= 11 is 0. The molecule has 2 aromatic carbocycles. The molecular formula is C26H32IN5O2. The Bertz CT molecular complexity index is 1040. The van der Waals surface area contributed by atoms with Gasteiger partial charge in [0.2, 0.25) is 0 Å². The van der Waals surface area contributed by atoms with Gasteiger partial charge in [-0.3, -0.25) is 9.98 Å². The summed E-state index contributed by atoms with van der Waals surface area (Å²) in [7, 11) is 3.54. The monoisotopic (exact) mass is 573 g/mol. The zero-order chi connectivity index (χ0) is 22.9. The highest BCUT2D eigenvalue weighted by Gasteiger charge is 2.20. The average Bonchev–Trinajstić information content (AvgIpc) is 2.89. The fourth-order valence-electron chi connectivity index (χ4n) is 3.84. The van der Waals surface area contributed by atoms with Crippen molar-refractivity contribution in [2.75, 3.05) is 45.2 Å². The van der Waals surface area contributed by atoms with Crippen LogP contribution in [0.1, 0.15) is 11.3 Å². The number of hydrogen-bond acceptors (Lipinski definition) is 5. The third kappa shape index (κ3) is 6.99. The van der Waals surface area contributed by atoms with Crippen molar-refractivity contribution in [3.8, 4) is 11.5 Å². The highest BCUT2D eigenvalue weighted by Crippen LogP contribution is 2.22. The lowest BCUT2D eigenvalue weighted by molar-refractivity contribution is 0.301. The molecule has 0 radical (unpaired) electrons. The number of hydrogen-bond donors (Lipinski definition) is 1. The SMILES string of the molecule is CN=C(NCc1ccc(OCc2ccccn2)cc1)N1CCN(c2cccc(OC)c2)CC1.I. The molecule has 0 amide bonds. The second-order valence-electron chi connectivity index (χ2n) is 7.83. The van der Waals surface area contributed by atoms with Crippen LogP contribution in [-0.4, -0.2) is 56.2 Å². The maximum Gasteiger partial charge on any atom is 0.194 e. The number of nitrogens with one attached hydrogen (secondary N) is 1. The van der Waals surface area contributed by atoms with E-state index in [0.29, 0.717) is 13.2 Å². The van der Waals surface area contributed by atoms with Gasteiger partial charge >= 0.3 is 0 Å². The number of aliphatic imine (C=N–C) groups is 1. The lowest BCUT2D eigenvalue weighted by Gasteiger charge is -2.37. The number of pyridine rings is 1. The molecule has 1 aromatic heterocycles. The summed E-state index contributed by atoms with van der Waals surface area (Å²) in [5.41, 5.74) is 3.29. The summed E-state index contributed by atoms with van der Waals surface area (Å²) in [6.07, 6.45) is 1.78. The number of piperazine rings is 1. The van der Waals surface area contributed by atoms with E-state index >= 15 is 0 Å². The van der Waals surface area contributed by atoms with E-state index in [1.54, 1.807) is 13.3 Å². The van der Waals surface area contributed by atoms with Gasteiger partial charge in [-0.05, 0) is 42.0 Å². The Morgan fingerprint density at radius 2 is 1.76 bits per heavy atom. The van der Waals surface area contributed by atoms with E-state index in [1.807, 2.05) is 49.5 Å². The number of anilines is 1. The fourth-order valence-corrected chi connectivity index (χ4v) is 3.84. The molecule has 34 heavy (non-hydrogen) atoms. The lowest BCUT2D eigenvalue weighted by Crippen LogP contribution is -2.52. The minimum atomic E-state index is 0. The molecule has 4 rings (SSSR count). The van der Waals surface area contributed by atoms with E-state index in [-0.39, 0.29) is 24.0 Å². The molecule has 2 heterocycles. The first kappa shape index (κ1) is 25.6. The first-order valence-electron chi connectivity index (χ1n) is 11.2. The minimum Gasteiger partial charge on any atom is -0.497 e. The molecule has 0 atom stereocenters. The number of aromatic nitrogens is 1. The Balaban J connectivity index is 0.00000324. The summed E-state index contributed by atoms with van der Waals surface area (Å²) < 4.78 is 11.2. The van der Waals surface area contributed by atoms with Crippen LogP contribution in [0.25, 0.3) is 0 Å². The quantitative estimate of drug-likeness (QED) is 0.260. The van der Waals surface area contributed by atoms with E-state index in [4.69, 9.17) is 9.47 Å². The van der Waals surface area contributed by atoms with Crippen molar-refractivity contribution < 1.29 is 9.47 Å². The molecule has 0 aliphatic carbocycles. The first-order valence-corrected chi connectivity index (χ1v) is 11.2. The predicted octanol–water partition coefficient (Wildman–Crippen LogP) is 4.18. The van der Waals surface area contributed by atoms with Crippen LogP contribution in [-0.2, 0) is 13.2 Å². The normalized spacial score (nSPS) is 13.8. The van der Waals surface area contributed by atoms with Crippen molar-refractivity contribution >= 4 is 35.6 Å². The van der Waals surface area contributed by atoms with Crippen LogP contribution in [0, 0.1) is 0 Å². The van der Waals surface area contributed by atoms with Crippen LogP contribution in [0.15, 0.2) is 77.9 Å². The number of nitrogens with zero attached hydrogens (tertiary/aromatic N) is 4. The number of methoxy groups -OCH3 is 1. The van der Waals surface area contributed by atoms with Crippen LogP contribution in [0.2, 0.25) is 0 Å². The molecule has 0 spiro atoms. The van der Waals surface area contributed by atoms with Gasteiger partial charge in [-0.1, -0.05) is 24.3 Å². The summed E-state index contributed by atoms with van der Waals surface area (Å²) in [4.78, 5) is 13.5. The molecule has 1 fully saturated rings. The number of guanidine groups is 1. The van der Waals surface area contributed by atoms with E-state index in [0.717, 1.165) is 49.3 Å². The summed E-state index contributed by atoms with van der Waals surface area (Å²) in [5, 5.41) is 3.49. The van der Waals surface area contributed by atoms with Crippen LogP contribution < -0.4 is 19.7 Å². The van der Waals surface area contributed by atoms with Crippen LogP contribution >= 0.6 is 24.0 Å². The Morgan fingerprint density at radius 1 is 0.971 bits per heavy atom. The van der Waals surface area contributed by atoms with Crippen molar-refractivity contribution in [3.63, 3.8) is 0 Å². The minimum absolute atomic E-state index is 0. The second-order valence-corrected chi connectivity index (χ2v) is 7.83.